The lowest BCUT2D eigenvalue weighted by atomic mass is 10.2. The van der Waals surface area contributed by atoms with E-state index in [1.54, 1.807) is 24.4 Å². The van der Waals surface area contributed by atoms with Crippen molar-refractivity contribution in [3.63, 3.8) is 0 Å². The van der Waals surface area contributed by atoms with E-state index in [-0.39, 0.29) is 5.43 Å². The molecule has 2 aromatic rings. The quantitative estimate of drug-likeness (QED) is 0.629. The SMILES string of the molecule is Cn1ccc(=O)c2cc(Cl)ccc21. The van der Waals surface area contributed by atoms with Crippen LogP contribution in [0.1, 0.15) is 0 Å². The number of fused-ring (bicyclic) bond motifs is 1. The molecule has 0 unspecified atom stereocenters. The van der Waals surface area contributed by atoms with Gasteiger partial charge in [-0.05, 0) is 18.2 Å². The fourth-order valence-corrected chi connectivity index (χ4v) is 1.53. The topological polar surface area (TPSA) is 22.0 Å². The molecule has 13 heavy (non-hydrogen) atoms. The lowest BCUT2D eigenvalue weighted by molar-refractivity contribution is 0.950. The van der Waals surface area contributed by atoms with E-state index in [2.05, 4.69) is 0 Å². The number of nitrogens with zero attached hydrogens (tertiary/aromatic N) is 1. The Morgan fingerprint density at radius 1 is 1.31 bits per heavy atom. The van der Waals surface area contributed by atoms with Gasteiger partial charge in [0.25, 0.3) is 0 Å². The first kappa shape index (κ1) is 8.32. The van der Waals surface area contributed by atoms with Crippen LogP contribution in [0.5, 0.6) is 0 Å². The van der Waals surface area contributed by atoms with Gasteiger partial charge in [-0.3, -0.25) is 4.79 Å². The van der Waals surface area contributed by atoms with Crippen molar-refractivity contribution in [3.8, 4) is 0 Å². The van der Waals surface area contributed by atoms with Crippen molar-refractivity contribution in [2.45, 2.75) is 0 Å². The van der Waals surface area contributed by atoms with Crippen molar-refractivity contribution in [1.29, 1.82) is 0 Å². The number of pyridine rings is 1. The summed E-state index contributed by atoms with van der Waals surface area (Å²) < 4.78 is 1.90. The van der Waals surface area contributed by atoms with Crippen LogP contribution in [0.3, 0.4) is 0 Å². The molecule has 0 aliphatic heterocycles. The molecule has 2 rings (SSSR count). The zero-order valence-corrected chi connectivity index (χ0v) is 7.88. The third kappa shape index (κ3) is 1.33. The van der Waals surface area contributed by atoms with E-state index < -0.39 is 0 Å². The van der Waals surface area contributed by atoms with Gasteiger partial charge >= 0.3 is 0 Å². The number of halogens is 1. The molecule has 0 spiro atoms. The van der Waals surface area contributed by atoms with Gasteiger partial charge < -0.3 is 4.57 Å². The average molecular weight is 194 g/mol. The molecule has 0 bridgehead atoms. The second-order valence-electron chi connectivity index (χ2n) is 2.95. The minimum Gasteiger partial charge on any atom is -0.350 e. The van der Waals surface area contributed by atoms with Crippen LogP contribution in [0.25, 0.3) is 10.9 Å². The molecule has 3 heteroatoms. The second kappa shape index (κ2) is 2.89. The van der Waals surface area contributed by atoms with Crippen LogP contribution >= 0.6 is 11.6 Å². The first-order valence-electron chi connectivity index (χ1n) is 3.93. The summed E-state index contributed by atoms with van der Waals surface area (Å²) in [6.45, 7) is 0. The summed E-state index contributed by atoms with van der Waals surface area (Å²) in [5, 5.41) is 1.26. The van der Waals surface area contributed by atoms with Gasteiger partial charge in [0.1, 0.15) is 0 Å². The van der Waals surface area contributed by atoms with Crippen LogP contribution in [0.2, 0.25) is 5.02 Å². The van der Waals surface area contributed by atoms with Crippen molar-refractivity contribution in [1.82, 2.24) is 4.57 Å². The molecule has 0 saturated carbocycles. The lowest BCUT2D eigenvalue weighted by Crippen LogP contribution is -2.04. The van der Waals surface area contributed by atoms with Crippen molar-refractivity contribution in [3.05, 3.63) is 45.7 Å². The summed E-state index contributed by atoms with van der Waals surface area (Å²) in [6, 6.07) is 6.86. The van der Waals surface area contributed by atoms with Crippen LogP contribution in [-0.2, 0) is 7.05 Å². The minimum absolute atomic E-state index is 0.00981. The first-order valence-corrected chi connectivity index (χ1v) is 4.31. The second-order valence-corrected chi connectivity index (χ2v) is 3.39. The Labute approximate surface area is 80.4 Å². The first-order chi connectivity index (χ1) is 6.18. The number of aryl methyl sites for hydroxylation is 1. The van der Waals surface area contributed by atoms with E-state index >= 15 is 0 Å². The average Bonchev–Trinajstić information content (AvgIpc) is 2.12. The minimum atomic E-state index is 0.00981. The molecule has 0 aliphatic carbocycles. The summed E-state index contributed by atoms with van der Waals surface area (Å²) in [7, 11) is 1.90. The maximum atomic E-state index is 11.4. The molecule has 0 saturated heterocycles. The van der Waals surface area contributed by atoms with Crippen LogP contribution in [-0.4, -0.2) is 4.57 Å². The van der Waals surface area contributed by atoms with Crippen molar-refractivity contribution < 1.29 is 0 Å². The van der Waals surface area contributed by atoms with Gasteiger partial charge in [-0.25, -0.2) is 0 Å². The Morgan fingerprint density at radius 3 is 2.85 bits per heavy atom. The predicted octanol–water partition coefficient (Wildman–Crippen LogP) is 2.19. The summed E-state index contributed by atoms with van der Waals surface area (Å²) in [4.78, 5) is 11.4. The molecular formula is C10H8ClNO. The number of hydrogen-bond donors (Lipinski definition) is 0. The standard InChI is InChI=1S/C10H8ClNO/c1-12-5-4-10(13)8-6-7(11)2-3-9(8)12/h2-6H,1H3. The van der Waals surface area contributed by atoms with Gasteiger partial charge in [-0.15, -0.1) is 0 Å². The molecular weight excluding hydrogens is 186 g/mol. The van der Waals surface area contributed by atoms with E-state index in [0.717, 1.165) is 5.52 Å². The maximum absolute atomic E-state index is 11.4. The van der Waals surface area contributed by atoms with Crippen LogP contribution < -0.4 is 5.43 Å². The van der Waals surface area contributed by atoms with E-state index in [4.69, 9.17) is 11.6 Å². The van der Waals surface area contributed by atoms with Crippen molar-refractivity contribution in [2.75, 3.05) is 0 Å². The molecule has 0 radical (unpaired) electrons. The fraction of sp³-hybridized carbons (Fsp3) is 0.100. The summed E-state index contributed by atoms with van der Waals surface area (Å²) in [6.07, 6.45) is 1.75. The zero-order chi connectivity index (χ0) is 9.42. The summed E-state index contributed by atoms with van der Waals surface area (Å²) in [5.41, 5.74) is 0.910. The lowest BCUT2D eigenvalue weighted by Gasteiger charge is -2.03. The Morgan fingerprint density at radius 2 is 2.08 bits per heavy atom. The Bertz CT molecular complexity index is 516. The van der Waals surface area contributed by atoms with E-state index in [1.165, 1.54) is 0 Å². The van der Waals surface area contributed by atoms with Gasteiger partial charge in [-0.2, -0.15) is 0 Å². The van der Waals surface area contributed by atoms with Gasteiger partial charge in [0, 0.05) is 29.7 Å². The third-order valence-corrected chi connectivity index (χ3v) is 2.29. The third-order valence-electron chi connectivity index (χ3n) is 2.05. The summed E-state index contributed by atoms with van der Waals surface area (Å²) in [5.74, 6) is 0. The smallest absolute Gasteiger partial charge is 0.189 e. The highest BCUT2D eigenvalue weighted by Gasteiger charge is 1.99. The van der Waals surface area contributed by atoms with E-state index in [0.29, 0.717) is 10.4 Å². The molecule has 66 valence electrons. The van der Waals surface area contributed by atoms with E-state index in [1.807, 2.05) is 17.7 Å². The maximum Gasteiger partial charge on any atom is 0.189 e. The number of benzene rings is 1. The fourth-order valence-electron chi connectivity index (χ4n) is 1.36. The van der Waals surface area contributed by atoms with Crippen molar-refractivity contribution >= 4 is 22.5 Å². The van der Waals surface area contributed by atoms with Crippen LogP contribution in [0.4, 0.5) is 0 Å². The van der Waals surface area contributed by atoms with Crippen molar-refractivity contribution in [2.24, 2.45) is 7.05 Å². The largest absolute Gasteiger partial charge is 0.350 e. The normalized spacial score (nSPS) is 10.6. The van der Waals surface area contributed by atoms with Crippen LogP contribution in [0.15, 0.2) is 35.3 Å². The van der Waals surface area contributed by atoms with Crippen LogP contribution in [0, 0.1) is 0 Å². The zero-order valence-electron chi connectivity index (χ0n) is 7.12. The van der Waals surface area contributed by atoms with Gasteiger partial charge in [0.05, 0.1) is 5.52 Å². The van der Waals surface area contributed by atoms with Gasteiger partial charge in [0.2, 0.25) is 0 Å². The molecule has 0 N–H and O–H groups in total. The molecule has 1 aromatic carbocycles. The highest BCUT2D eigenvalue weighted by Crippen LogP contribution is 2.15. The molecule has 0 atom stereocenters. The van der Waals surface area contributed by atoms with Gasteiger partial charge in [-0.1, -0.05) is 11.6 Å². The van der Waals surface area contributed by atoms with Gasteiger partial charge in [0.15, 0.2) is 5.43 Å². The summed E-state index contributed by atoms with van der Waals surface area (Å²) >= 11 is 5.79. The molecule has 1 heterocycles. The van der Waals surface area contributed by atoms with E-state index in [9.17, 15) is 4.79 Å². The monoisotopic (exact) mass is 193 g/mol. The Hall–Kier alpha value is -1.28. The highest BCUT2D eigenvalue weighted by molar-refractivity contribution is 6.31. The Kier molecular flexibility index (Phi) is 1.85. The molecule has 2 nitrogen and oxygen atoms in total. The number of hydrogen-bond acceptors (Lipinski definition) is 1. The Balaban J connectivity index is 3.01. The number of rotatable bonds is 0. The molecule has 0 aliphatic rings. The predicted molar refractivity (Wildman–Crippen MR) is 54.2 cm³/mol. The number of aromatic nitrogens is 1. The highest BCUT2D eigenvalue weighted by atomic mass is 35.5. The molecule has 0 fully saturated rings. The molecule has 1 aromatic heterocycles. The molecule has 0 amide bonds.